The monoisotopic (exact) mass is 573 g/mol. The maximum atomic E-state index is 13.6. The molecular formula is C34H40FN3O4. The highest BCUT2D eigenvalue weighted by Gasteiger charge is 2.23. The Hall–Kier alpha value is -4.17. The highest BCUT2D eigenvalue weighted by molar-refractivity contribution is 6.12. The quantitative estimate of drug-likeness (QED) is 0.208. The maximum Gasteiger partial charge on any atom is 0.255 e. The van der Waals surface area contributed by atoms with Crippen molar-refractivity contribution in [1.82, 2.24) is 16.0 Å². The number of furan rings is 1. The van der Waals surface area contributed by atoms with E-state index in [4.69, 9.17) is 9.15 Å². The Morgan fingerprint density at radius 1 is 1.05 bits per heavy atom. The van der Waals surface area contributed by atoms with Gasteiger partial charge in [-0.2, -0.15) is 0 Å². The van der Waals surface area contributed by atoms with Gasteiger partial charge in [-0.05, 0) is 85.5 Å². The van der Waals surface area contributed by atoms with Crippen molar-refractivity contribution in [1.29, 1.82) is 0 Å². The van der Waals surface area contributed by atoms with E-state index < -0.39 is 0 Å². The molecule has 1 aliphatic heterocycles. The summed E-state index contributed by atoms with van der Waals surface area (Å²) in [6.07, 6.45) is 2.21. The van der Waals surface area contributed by atoms with Crippen molar-refractivity contribution in [2.45, 2.75) is 34.1 Å². The molecule has 2 amide bonds. The van der Waals surface area contributed by atoms with E-state index in [0.29, 0.717) is 64.2 Å². The van der Waals surface area contributed by atoms with Gasteiger partial charge in [0.15, 0.2) is 0 Å². The minimum atomic E-state index is -0.373. The fraction of sp³-hybridized carbons (Fsp3) is 0.353. The number of halogens is 1. The van der Waals surface area contributed by atoms with Crippen LogP contribution in [0.15, 0.2) is 65.1 Å². The highest BCUT2D eigenvalue weighted by atomic mass is 19.1. The Morgan fingerprint density at radius 3 is 2.50 bits per heavy atom. The number of hydrogen-bond donors (Lipinski definition) is 3. The lowest BCUT2D eigenvalue weighted by Gasteiger charge is -2.23. The molecule has 1 atom stereocenters. The summed E-state index contributed by atoms with van der Waals surface area (Å²) < 4.78 is 26.1. The third-order valence-corrected chi connectivity index (χ3v) is 7.35. The van der Waals surface area contributed by atoms with Crippen molar-refractivity contribution in [3.63, 3.8) is 0 Å². The molecule has 0 bridgehead atoms. The molecule has 42 heavy (non-hydrogen) atoms. The molecule has 0 saturated carbocycles. The first kappa shape index (κ1) is 30.8. The summed E-state index contributed by atoms with van der Waals surface area (Å²) in [4.78, 5) is 26.1. The number of amides is 2. The van der Waals surface area contributed by atoms with E-state index in [1.165, 1.54) is 12.1 Å². The van der Waals surface area contributed by atoms with E-state index in [-0.39, 0.29) is 25.1 Å². The number of fused-ring (bicyclic) bond motifs is 1. The molecule has 1 aliphatic rings. The van der Waals surface area contributed by atoms with Gasteiger partial charge in [-0.1, -0.05) is 27.3 Å². The van der Waals surface area contributed by atoms with E-state index in [0.717, 1.165) is 37.1 Å². The van der Waals surface area contributed by atoms with Gasteiger partial charge in [-0.15, -0.1) is 0 Å². The first-order valence-electron chi connectivity index (χ1n) is 14.1. The predicted molar refractivity (Wildman–Crippen MR) is 165 cm³/mol. The molecule has 0 aliphatic carbocycles. The second-order valence-corrected chi connectivity index (χ2v) is 10.9. The summed E-state index contributed by atoms with van der Waals surface area (Å²) >= 11 is 0. The van der Waals surface area contributed by atoms with Crippen LogP contribution in [0.1, 0.15) is 54.8 Å². The Kier molecular flexibility index (Phi) is 10.0. The van der Waals surface area contributed by atoms with Crippen molar-refractivity contribution in [3.8, 4) is 28.2 Å². The Balaban J connectivity index is 0.00000405. The Morgan fingerprint density at radius 2 is 1.81 bits per heavy atom. The smallest absolute Gasteiger partial charge is 0.255 e. The molecule has 7 nitrogen and oxygen atoms in total. The summed E-state index contributed by atoms with van der Waals surface area (Å²) in [6, 6.07) is 16.9. The van der Waals surface area contributed by atoms with Gasteiger partial charge in [0.1, 0.15) is 22.9 Å². The summed E-state index contributed by atoms with van der Waals surface area (Å²) in [5.74, 6) is 0.911. The molecule has 0 spiro atoms. The molecule has 5 rings (SSSR count). The minimum Gasteiger partial charge on any atom is -0.493 e. The van der Waals surface area contributed by atoms with Crippen LogP contribution in [0.3, 0.4) is 0 Å². The topological polar surface area (TPSA) is 92.6 Å². The molecule has 1 saturated heterocycles. The zero-order chi connectivity index (χ0) is 28.9. The number of nitrogens with one attached hydrogen (secondary N) is 3. The lowest BCUT2D eigenvalue weighted by molar-refractivity contribution is 0.0945. The van der Waals surface area contributed by atoms with Gasteiger partial charge in [0, 0.05) is 48.1 Å². The predicted octanol–water partition coefficient (Wildman–Crippen LogP) is 6.67. The van der Waals surface area contributed by atoms with E-state index in [1.54, 1.807) is 25.2 Å². The van der Waals surface area contributed by atoms with Crippen molar-refractivity contribution in [2.24, 2.45) is 11.8 Å². The third kappa shape index (κ3) is 6.82. The van der Waals surface area contributed by atoms with Gasteiger partial charge in [0.05, 0.1) is 12.2 Å². The largest absolute Gasteiger partial charge is 0.493 e. The third-order valence-electron chi connectivity index (χ3n) is 7.35. The number of piperidine rings is 1. The number of ether oxygens (including phenoxy) is 1. The van der Waals surface area contributed by atoms with Gasteiger partial charge in [-0.25, -0.2) is 4.39 Å². The zero-order valence-corrected chi connectivity index (χ0v) is 23.7. The van der Waals surface area contributed by atoms with Crippen LogP contribution < -0.4 is 20.7 Å². The fourth-order valence-electron chi connectivity index (χ4n) is 5.12. The molecule has 3 aromatic carbocycles. The van der Waals surface area contributed by atoms with E-state index in [2.05, 4.69) is 16.0 Å². The fourth-order valence-corrected chi connectivity index (χ4v) is 5.12. The van der Waals surface area contributed by atoms with Gasteiger partial charge >= 0.3 is 0 Å². The average Bonchev–Trinajstić information content (AvgIpc) is 3.38. The normalized spacial score (nSPS) is 14.8. The number of carbonyl (C=O) groups is 2. The molecule has 0 radical (unpaired) electrons. The molecule has 1 fully saturated rings. The molecule has 8 heteroatoms. The standard InChI is InChI=1S/C33H36FN3O4.CH4/c1-20(2)17-37-32(38)24-9-12-28(40-19-21-5-4-14-36-18-21)26(16-24)23-8-13-29-27(15-23)30(33(39)35-3)31(41-29)22-6-10-25(34)11-7-22;/h6-13,15-16,20-21,36H,4-5,14,17-19H2,1-3H3,(H,35,39)(H,37,38);1H4. The van der Waals surface area contributed by atoms with Crippen molar-refractivity contribution >= 4 is 22.8 Å². The summed E-state index contributed by atoms with van der Waals surface area (Å²) in [5, 5.41) is 9.72. The van der Waals surface area contributed by atoms with Crippen molar-refractivity contribution in [3.05, 3.63) is 77.6 Å². The first-order valence-corrected chi connectivity index (χ1v) is 14.1. The molecule has 1 unspecified atom stereocenters. The summed E-state index contributed by atoms with van der Waals surface area (Å²) in [6.45, 7) is 7.17. The molecular weight excluding hydrogens is 533 g/mol. The maximum absolute atomic E-state index is 13.6. The lowest BCUT2D eigenvalue weighted by Crippen LogP contribution is -2.33. The average molecular weight is 574 g/mol. The van der Waals surface area contributed by atoms with Crippen LogP contribution in [-0.2, 0) is 0 Å². The number of carbonyl (C=O) groups excluding carboxylic acids is 2. The summed E-state index contributed by atoms with van der Waals surface area (Å²) in [7, 11) is 1.56. The zero-order valence-electron chi connectivity index (χ0n) is 23.7. The van der Waals surface area contributed by atoms with E-state index >= 15 is 0 Å². The van der Waals surface area contributed by atoms with Crippen LogP contribution in [0.4, 0.5) is 4.39 Å². The number of rotatable bonds is 9. The van der Waals surface area contributed by atoms with Crippen LogP contribution in [0, 0.1) is 17.7 Å². The van der Waals surface area contributed by atoms with Crippen LogP contribution in [0.25, 0.3) is 33.4 Å². The second kappa shape index (κ2) is 13.7. The van der Waals surface area contributed by atoms with Crippen LogP contribution in [0.5, 0.6) is 5.75 Å². The van der Waals surface area contributed by atoms with E-state index in [1.807, 2.05) is 44.2 Å². The lowest BCUT2D eigenvalue weighted by atomic mass is 9.97. The van der Waals surface area contributed by atoms with E-state index in [9.17, 15) is 14.0 Å². The first-order chi connectivity index (χ1) is 19.8. The minimum absolute atomic E-state index is 0. The second-order valence-electron chi connectivity index (χ2n) is 10.9. The molecule has 222 valence electrons. The van der Waals surface area contributed by atoms with Gasteiger partial charge < -0.3 is 25.1 Å². The molecule has 1 aromatic heterocycles. The van der Waals surface area contributed by atoms with Gasteiger partial charge in [0.2, 0.25) is 0 Å². The van der Waals surface area contributed by atoms with Crippen molar-refractivity contribution < 1.29 is 23.1 Å². The Labute approximate surface area is 246 Å². The number of hydrogen-bond acceptors (Lipinski definition) is 5. The van der Waals surface area contributed by atoms with Crippen LogP contribution in [-0.4, -0.2) is 45.1 Å². The van der Waals surface area contributed by atoms with Gasteiger partial charge in [-0.3, -0.25) is 9.59 Å². The van der Waals surface area contributed by atoms with Gasteiger partial charge in [0.25, 0.3) is 11.8 Å². The highest BCUT2D eigenvalue weighted by Crippen LogP contribution is 2.39. The SMILES string of the molecule is C.CNC(=O)c1c(-c2ccc(F)cc2)oc2ccc(-c3cc(C(=O)NCC(C)C)ccc3OCC3CCCNC3)cc12. The Bertz CT molecular complexity index is 1540. The number of benzene rings is 3. The van der Waals surface area contributed by atoms with Crippen LogP contribution in [0.2, 0.25) is 0 Å². The van der Waals surface area contributed by atoms with Crippen molar-refractivity contribution in [2.75, 3.05) is 33.3 Å². The molecule has 2 heterocycles. The van der Waals surface area contributed by atoms with Crippen LogP contribution >= 0.6 is 0 Å². The molecule has 4 aromatic rings. The summed E-state index contributed by atoms with van der Waals surface area (Å²) in [5.41, 5.74) is 3.53. The molecule has 3 N–H and O–H groups in total.